The summed E-state index contributed by atoms with van der Waals surface area (Å²) in [6.07, 6.45) is 0.955. The van der Waals surface area contributed by atoms with E-state index in [4.69, 9.17) is 0 Å². The van der Waals surface area contributed by atoms with Gasteiger partial charge in [-0.2, -0.15) is 0 Å². The van der Waals surface area contributed by atoms with Gasteiger partial charge in [-0.25, -0.2) is 14.1 Å². The Morgan fingerprint density at radius 1 is 1.30 bits per heavy atom. The lowest BCUT2D eigenvalue weighted by molar-refractivity contribution is 0.0771. The quantitative estimate of drug-likeness (QED) is 0.859. The van der Waals surface area contributed by atoms with Gasteiger partial charge < -0.3 is 9.80 Å². The number of likely N-dealkylation sites (tertiary alicyclic amines) is 1. The molecule has 0 aliphatic carbocycles. The van der Waals surface area contributed by atoms with E-state index < -0.39 is 0 Å². The summed E-state index contributed by atoms with van der Waals surface area (Å²) in [5, 5.41) is 4.23. The van der Waals surface area contributed by atoms with Crippen molar-refractivity contribution in [3.8, 4) is 11.4 Å². The number of carbonyl (C=O) groups is 1. The summed E-state index contributed by atoms with van der Waals surface area (Å²) in [5.74, 6) is 0.278. The summed E-state index contributed by atoms with van der Waals surface area (Å²) in [6.45, 7) is 1.40. The number of hydrogen-bond donors (Lipinski definition) is 0. The fraction of sp³-hybridized carbons (Fsp3) is 0.438. The summed E-state index contributed by atoms with van der Waals surface area (Å²) in [6, 6.07) is 6.37. The Bertz CT molecular complexity index is 710. The molecule has 1 fully saturated rings. The van der Waals surface area contributed by atoms with Gasteiger partial charge in [0.1, 0.15) is 5.82 Å². The second-order valence-corrected chi connectivity index (χ2v) is 6.05. The van der Waals surface area contributed by atoms with Crippen LogP contribution >= 0.6 is 0 Å². The van der Waals surface area contributed by atoms with Crippen LogP contribution in [0.3, 0.4) is 0 Å². The van der Waals surface area contributed by atoms with E-state index in [1.807, 2.05) is 14.1 Å². The first kappa shape index (κ1) is 15.6. The zero-order chi connectivity index (χ0) is 16.6. The Hall–Kier alpha value is -2.28. The monoisotopic (exact) mass is 317 g/mol. The predicted molar refractivity (Wildman–Crippen MR) is 84.4 cm³/mol. The minimum absolute atomic E-state index is 0.154. The molecule has 3 rings (SSSR count). The standard InChI is InChI=1S/C16H20FN5O/c1-20(2)13-8-9-22(10-13)16(23)14-18-15(21(3)19-14)11-4-6-12(17)7-5-11/h4-7,13H,8-10H2,1-3H3. The number of likely N-dealkylation sites (N-methyl/N-ethyl adjacent to an activating group) is 1. The lowest BCUT2D eigenvalue weighted by Crippen LogP contribution is -2.35. The average molecular weight is 317 g/mol. The second kappa shape index (κ2) is 6.08. The first-order chi connectivity index (χ1) is 11.0. The molecule has 0 radical (unpaired) electrons. The lowest BCUT2D eigenvalue weighted by atomic mass is 10.2. The van der Waals surface area contributed by atoms with E-state index in [2.05, 4.69) is 15.0 Å². The Kier molecular flexibility index (Phi) is 4.12. The number of nitrogens with zero attached hydrogens (tertiary/aromatic N) is 5. The van der Waals surface area contributed by atoms with Crippen LogP contribution in [-0.4, -0.2) is 63.7 Å². The van der Waals surface area contributed by atoms with E-state index in [0.29, 0.717) is 25.0 Å². The number of carbonyl (C=O) groups excluding carboxylic acids is 1. The fourth-order valence-electron chi connectivity index (χ4n) is 2.81. The molecule has 7 heteroatoms. The topological polar surface area (TPSA) is 54.3 Å². The number of halogens is 1. The largest absolute Gasteiger partial charge is 0.334 e. The van der Waals surface area contributed by atoms with Gasteiger partial charge in [0.15, 0.2) is 5.82 Å². The number of rotatable bonds is 3. The normalized spacial score (nSPS) is 18.0. The highest BCUT2D eigenvalue weighted by Crippen LogP contribution is 2.19. The molecular weight excluding hydrogens is 297 g/mol. The molecule has 2 heterocycles. The molecule has 23 heavy (non-hydrogen) atoms. The van der Waals surface area contributed by atoms with Crippen LogP contribution in [0.15, 0.2) is 24.3 Å². The Morgan fingerprint density at radius 2 is 2.00 bits per heavy atom. The van der Waals surface area contributed by atoms with Crippen molar-refractivity contribution in [1.82, 2.24) is 24.6 Å². The van der Waals surface area contributed by atoms with Gasteiger partial charge in [0.05, 0.1) is 0 Å². The van der Waals surface area contributed by atoms with Crippen molar-refractivity contribution >= 4 is 5.91 Å². The molecule has 0 saturated carbocycles. The third kappa shape index (κ3) is 3.10. The van der Waals surface area contributed by atoms with Crippen LogP contribution < -0.4 is 0 Å². The molecule has 1 amide bonds. The highest BCUT2D eigenvalue weighted by atomic mass is 19.1. The van der Waals surface area contributed by atoms with E-state index in [1.54, 1.807) is 28.8 Å². The molecule has 1 unspecified atom stereocenters. The van der Waals surface area contributed by atoms with Crippen molar-refractivity contribution in [3.63, 3.8) is 0 Å². The summed E-state index contributed by atoms with van der Waals surface area (Å²) in [4.78, 5) is 20.8. The first-order valence-electron chi connectivity index (χ1n) is 7.58. The molecule has 0 bridgehead atoms. The van der Waals surface area contributed by atoms with Crippen molar-refractivity contribution in [2.45, 2.75) is 12.5 Å². The predicted octanol–water partition coefficient (Wildman–Crippen LogP) is 1.40. The average Bonchev–Trinajstić information content (AvgIpc) is 3.14. The van der Waals surface area contributed by atoms with Crippen molar-refractivity contribution in [1.29, 1.82) is 0 Å². The Morgan fingerprint density at radius 3 is 2.61 bits per heavy atom. The van der Waals surface area contributed by atoms with Gasteiger partial charge in [-0.3, -0.25) is 4.79 Å². The maximum absolute atomic E-state index is 13.0. The van der Waals surface area contributed by atoms with Crippen LogP contribution in [0.2, 0.25) is 0 Å². The first-order valence-corrected chi connectivity index (χ1v) is 7.58. The SMILES string of the molecule is CN(C)C1CCN(C(=O)c2nc(-c3ccc(F)cc3)n(C)n2)C1. The maximum Gasteiger partial charge on any atom is 0.293 e. The minimum Gasteiger partial charge on any atom is -0.334 e. The molecular formula is C16H20FN5O. The Balaban J connectivity index is 1.81. The summed E-state index contributed by atoms with van der Waals surface area (Å²) in [5.41, 5.74) is 0.730. The molecule has 122 valence electrons. The van der Waals surface area contributed by atoms with Crippen LogP contribution in [0.4, 0.5) is 4.39 Å². The summed E-state index contributed by atoms with van der Waals surface area (Å²) in [7, 11) is 5.77. The van der Waals surface area contributed by atoms with E-state index >= 15 is 0 Å². The zero-order valence-corrected chi connectivity index (χ0v) is 13.5. The summed E-state index contributed by atoms with van der Waals surface area (Å²) >= 11 is 0. The fourth-order valence-corrected chi connectivity index (χ4v) is 2.81. The lowest BCUT2D eigenvalue weighted by Gasteiger charge is -2.19. The van der Waals surface area contributed by atoms with Gasteiger partial charge in [0, 0.05) is 31.7 Å². The van der Waals surface area contributed by atoms with E-state index in [-0.39, 0.29) is 17.5 Å². The van der Waals surface area contributed by atoms with Gasteiger partial charge in [-0.1, -0.05) is 0 Å². The maximum atomic E-state index is 13.0. The van der Waals surface area contributed by atoms with E-state index in [9.17, 15) is 9.18 Å². The number of benzene rings is 1. The van der Waals surface area contributed by atoms with Crippen LogP contribution in [-0.2, 0) is 7.05 Å². The van der Waals surface area contributed by atoms with Gasteiger partial charge in [0.25, 0.3) is 5.91 Å². The molecule has 1 aromatic heterocycles. The van der Waals surface area contributed by atoms with Crippen LogP contribution in [0.1, 0.15) is 17.0 Å². The zero-order valence-electron chi connectivity index (χ0n) is 13.5. The van der Waals surface area contributed by atoms with E-state index in [1.165, 1.54) is 12.1 Å². The van der Waals surface area contributed by atoms with Crippen LogP contribution in [0.5, 0.6) is 0 Å². The van der Waals surface area contributed by atoms with Gasteiger partial charge in [-0.05, 0) is 44.8 Å². The van der Waals surface area contributed by atoms with Crippen molar-refractivity contribution in [2.24, 2.45) is 7.05 Å². The third-order valence-corrected chi connectivity index (χ3v) is 4.24. The highest BCUT2D eigenvalue weighted by Gasteiger charge is 2.30. The highest BCUT2D eigenvalue weighted by molar-refractivity contribution is 5.91. The second-order valence-electron chi connectivity index (χ2n) is 6.05. The molecule has 2 aromatic rings. The Labute approximate surface area is 134 Å². The molecule has 1 atom stereocenters. The molecule has 0 spiro atoms. The molecule has 0 N–H and O–H groups in total. The minimum atomic E-state index is -0.306. The number of aryl methyl sites for hydroxylation is 1. The molecule has 1 aromatic carbocycles. The van der Waals surface area contributed by atoms with E-state index in [0.717, 1.165) is 12.0 Å². The van der Waals surface area contributed by atoms with Gasteiger partial charge in [0.2, 0.25) is 5.82 Å². The van der Waals surface area contributed by atoms with Crippen molar-refractivity contribution in [3.05, 3.63) is 35.9 Å². The van der Waals surface area contributed by atoms with Crippen LogP contribution in [0.25, 0.3) is 11.4 Å². The molecule has 1 aliphatic heterocycles. The number of hydrogen-bond acceptors (Lipinski definition) is 4. The summed E-state index contributed by atoms with van der Waals surface area (Å²) < 4.78 is 14.6. The van der Waals surface area contributed by atoms with Gasteiger partial charge in [-0.15, -0.1) is 5.10 Å². The number of amides is 1. The van der Waals surface area contributed by atoms with Crippen molar-refractivity contribution in [2.75, 3.05) is 27.2 Å². The van der Waals surface area contributed by atoms with Gasteiger partial charge >= 0.3 is 0 Å². The molecule has 1 aliphatic rings. The van der Waals surface area contributed by atoms with Crippen molar-refractivity contribution < 1.29 is 9.18 Å². The smallest absolute Gasteiger partial charge is 0.293 e. The third-order valence-electron chi connectivity index (χ3n) is 4.24. The number of aromatic nitrogens is 3. The van der Waals surface area contributed by atoms with Crippen LogP contribution in [0, 0.1) is 5.82 Å². The molecule has 1 saturated heterocycles. The molecule has 6 nitrogen and oxygen atoms in total.